The van der Waals surface area contributed by atoms with Crippen LogP contribution in [0.1, 0.15) is 30.4 Å². The zero-order chi connectivity index (χ0) is 20.3. The van der Waals surface area contributed by atoms with Gasteiger partial charge in [-0.25, -0.2) is 0 Å². The van der Waals surface area contributed by atoms with Crippen LogP contribution in [0.15, 0.2) is 48.5 Å². The molecule has 1 saturated heterocycles. The molecule has 2 aromatic rings. The molecule has 0 aliphatic carbocycles. The molecule has 2 N–H and O–H groups in total. The number of carbonyl (C=O) groups is 1. The van der Waals surface area contributed by atoms with Crippen molar-refractivity contribution in [3.05, 3.63) is 59.7 Å². The lowest BCUT2D eigenvalue weighted by Gasteiger charge is -2.39. The predicted molar refractivity (Wildman–Crippen MR) is 108 cm³/mol. The number of methoxy groups -OCH3 is 1. The minimum absolute atomic E-state index is 0.0802. The van der Waals surface area contributed by atoms with Crippen LogP contribution < -0.4 is 14.8 Å². The summed E-state index contributed by atoms with van der Waals surface area (Å²) >= 11 is 0. The van der Waals surface area contributed by atoms with Gasteiger partial charge in [-0.2, -0.15) is 0 Å². The minimum Gasteiger partial charge on any atom is -0.497 e. The van der Waals surface area contributed by atoms with Gasteiger partial charge in [-0.05, 0) is 36.6 Å². The average Bonchev–Trinajstić information content (AvgIpc) is 2.78. The Balaban J connectivity index is 1.56. The monoisotopic (exact) mass is 397 g/mol. The fourth-order valence-electron chi connectivity index (χ4n) is 4.30. The Morgan fingerprint density at radius 2 is 1.79 bits per heavy atom. The van der Waals surface area contributed by atoms with E-state index < -0.39 is 11.0 Å². The van der Waals surface area contributed by atoms with E-state index in [2.05, 4.69) is 5.32 Å². The van der Waals surface area contributed by atoms with E-state index >= 15 is 0 Å². The summed E-state index contributed by atoms with van der Waals surface area (Å²) in [6.45, 7) is 1.62. The number of rotatable bonds is 5. The maximum Gasteiger partial charge on any atom is 0.230 e. The molecule has 0 spiro atoms. The molecule has 0 saturated carbocycles. The highest BCUT2D eigenvalue weighted by Gasteiger charge is 2.43. The Hall–Kier alpha value is -2.57. The molecule has 1 unspecified atom stereocenters. The van der Waals surface area contributed by atoms with Crippen molar-refractivity contribution in [1.29, 1.82) is 0 Å². The number of amides is 1. The summed E-state index contributed by atoms with van der Waals surface area (Å²) in [5.74, 6) is 1.35. The first-order valence-corrected chi connectivity index (χ1v) is 10.0. The van der Waals surface area contributed by atoms with Crippen LogP contribution in [0.5, 0.6) is 11.5 Å². The van der Waals surface area contributed by atoms with E-state index in [0.717, 1.165) is 16.9 Å². The summed E-state index contributed by atoms with van der Waals surface area (Å²) in [5, 5.41) is 14.3. The Labute approximate surface area is 170 Å². The van der Waals surface area contributed by atoms with Gasteiger partial charge in [0.1, 0.15) is 17.1 Å². The molecule has 2 aliphatic heterocycles. The summed E-state index contributed by atoms with van der Waals surface area (Å²) in [4.78, 5) is 13.4. The van der Waals surface area contributed by atoms with Crippen LogP contribution in [0.2, 0.25) is 0 Å². The second-order valence-corrected chi connectivity index (χ2v) is 7.73. The Morgan fingerprint density at radius 1 is 1.07 bits per heavy atom. The van der Waals surface area contributed by atoms with Gasteiger partial charge in [0.25, 0.3) is 0 Å². The second-order valence-electron chi connectivity index (χ2n) is 7.73. The van der Waals surface area contributed by atoms with E-state index in [1.807, 2.05) is 48.5 Å². The number of carbonyl (C=O) groups excluding carboxylic acids is 1. The number of hydrogen-bond donors (Lipinski definition) is 2. The molecule has 0 aromatic heterocycles. The van der Waals surface area contributed by atoms with Crippen molar-refractivity contribution >= 4 is 5.91 Å². The zero-order valence-corrected chi connectivity index (χ0v) is 16.6. The SMILES string of the molecule is COc1ccc(C2(C(=O)NCC3(O)CCOc4ccccc43)CCOCC2)cc1. The Morgan fingerprint density at radius 3 is 2.52 bits per heavy atom. The molecule has 29 heavy (non-hydrogen) atoms. The average molecular weight is 397 g/mol. The summed E-state index contributed by atoms with van der Waals surface area (Å²) < 4.78 is 16.4. The van der Waals surface area contributed by atoms with E-state index in [4.69, 9.17) is 14.2 Å². The largest absolute Gasteiger partial charge is 0.497 e. The molecular weight excluding hydrogens is 370 g/mol. The minimum atomic E-state index is -1.14. The molecule has 0 radical (unpaired) electrons. The van der Waals surface area contributed by atoms with Crippen molar-refractivity contribution in [1.82, 2.24) is 5.32 Å². The molecule has 1 amide bonds. The third kappa shape index (κ3) is 3.70. The van der Waals surface area contributed by atoms with Crippen molar-refractivity contribution in [3.8, 4) is 11.5 Å². The van der Waals surface area contributed by atoms with E-state index in [9.17, 15) is 9.90 Å². The third-order valence-corrected chi connectivity index (χ3v) is 6.13. The molecule has 6 nitrogen and oxygen atoms in total. The number of ether oxygens (including phenoxy) is 3. The van der Waals surface area contributed by atoms with Crippen LogP contribution >= 0.6 is 0 Å². The Bertz CT molecular complexity index is 860. The number of para-hydroxylation sites is 1. The van der Waals surface area contributed by atoms with Gasteiger partial charge in [-0.3, -0.25) is 4.79 Å². The lowest BCUT2D eigenvalue weighted by Crippen LogP contribution is -2.52. The molecule has 2 aliphatic rings. The topological polar surface area (TPSA) is 77.0 Å². The highest BCUT2D eigenvalue weighted by atomic mass is 16.5. The smallest absolute Gasteiger partial charge is 0.230 e. The van der Waals surface area contributed by atoms with Crippen LogP contribution in [0.25, 0.3) is 0 Å². The van der Waals surface area contributed by atoms with E-state index in [1.54, 1.807) is 7.11 Å². The number of nitrogens with one attached hydrogen (secondary N) is 1. The third-order valence-electron chi connectivity index (χ3n) is 6.13. The van der Waals surface area contributed by atoms with Crippen molar-refractivity contribution < 1.29 is 24.1 Å². The van der Waals surface area contributed by atoms with Crippen molar-refractivity contribution in [2.75, 3.05) is 33.5 Å². The van der Waals surface area contributed by atoms with Gasteiger partial charge in [-0.15, -0.1) is 0 Å². The summed E-state index contributed by atoms with van der Waals surface area (Å²) in [5.41, 5.74) is -0.155. The fraction of sp³-hybridized carbons (Fsp3) is 0.435. The van der Waals surface area contributed by atoms with Crippen molar-refractivity contribution in [3.63, 3.8) is 0 Å². The number of hydrogen-bond acceptors (Lipinski definition) is 5. The predicted octanol–water partition coefficient (Wildman–Crippen LogP) is 2.53. The molecular formula is C23H27NO5. The van der Waals surface area contributed by atoms with Gasteiger partial charge in [0.05, 0.1) is 25.7 Å². The first kappa shape index (κ1) is 19.7. The fourth-order valence-corrected chi connectivity index (χ4v) is 4.30. The van der Waals surface area contributed by atoms with Crippen LogP contribution in [-0.2, 0) is 20.5 Å². The van der Waals surface area contributed by atoms with Gasteiger partial charge in [-0.1, -0.05) is 30.3 Å². The summed E-state index contributed by atoms with van der Waals surface area (Å²) in [6.07, 6.45) is 1.63. The Kier molecular flexibility index (Phi) is 5.48. The lowest BCUT2D eigenvalue weighted by atomic mass is 9.73. The van der Waals surface area contributed by atoms with E-state index in [-0.39, 0.29) is 12.5 Å². The van der Waals surface area contributed by atoms with Gasteiger partial charge in [0.15, 0.2) is 0 Å². The van der Waals surface area contributed by atoms with Gasteiger partial charge < -0.3 is 24.6 Å². The number of aliphatic hydroxyl groups is 1. The molecule has 1 atom stereocenters. The summed E-state index contributed by atoms with van der Waals surface area (Å²) in [6, 6.07) is 15.1. The molecule has 1 fully saturated rings. The second kappa shape index (κ2) is 8.05. The highest BCUT2D eigenvalue weighted by molar-refractivity contribution is 5.88. The van der Waals surface area contributed by atoms with Crippen molar-refractivity contribution in [2.45, 2.75) is 30.3 Å². The summed E-state index contributed by atoms with van der Waals surface area (Å²) in [7, 11) is 1.62. The molecule has 6 heteroatoms. The van der Waals surface area contributed by atoms with Crippen molar-refractivity contribution in [2.24, 2.45) is 0 Å². The molecule has 4 rings (SSSR count). The van der Waals surface area contributed by atoms with Crippen LogP contribution in [0.3, 0.4) is 0 Å². The highest BCUT2D eigenvalue weighted by Crippen LogP contribution is 2.38. The molecule has 2 aromatic carbocycles. The maximum atomic E-state index is 13.4. The van der Waals surface area contributed by atoms with E-state index in [0.29, 0.717) is 44.8 Å². The maximum absolute atomic E-state index is 13.4. The lowest BCUT2D eigenvalue weighted by molar-refractivity contribution is -0.132. The van der Waals surface area contributed by atoms with Gasteiger partial charge in [0, 0.05) is 25.2 Å². The van der Waals surface area contributed by atoms with Gasteiger partial charge >= 0.3 is 0 Å². The molecule has 2 heterocycles. The molecule has 0 bridgehead atoms. The first-order chi connectivity index (χ1) is 14.1. The number of fused-ring (bicyclic) bond motifs is 1. The van der Waals surface area contributed by atoms with E-state index in [1.165, 1.54) is 0 Å². The van der Waals surface area contributed by atoms with Crippen LogP contribution in [0, 0.1) is 0 Å². The van der Waals surface area contributed by atoms with Crippen LogP contribution in [0.4, 0.5) is 0 Å². The standard InChI is InChI=1S/C23H27NO5/c1-27-18-8-6-17(7-9-18)22(10-13-28-14-11-22)21(25)24-16-23(26)12-15-29-20-5-3-2-4-19(20)23/h2-9,26H,10-16H2,1H3,(H,24,25). The normalized spacial score (nSPS) is 22.8. The quantitative estimate of drug-likeness (QED) is 0.811. The van der Waals surface area contributed by atoms with Gasteiger partial charge in [0.2, 0.25) is 5.91 Å². The number of benzene rings is 2. The zero-order valence-electron chi connectivity index (χ0n) is 16.6. The first-order valence-electron chi connectivity index (χ1n) is 10.0. The molecule has 154 valence electrons. The van der Waals surface area contributed by atoms with Crippen LogP contribution in [-0.4, -0.2) is 44.5 Å².